The number of aromatic amines is 1. The largest absolute Gasteiger partial charge is 0.339 e. The van der Waals surface area contributed by atoms with E-state index in [9.17, 15) is 19.3 Å². The van der Waals surface area contributed by atoms with Crippen molar-refractivity contribution in [2.75, 3.05) is 0 Å². The molecule has 3 heterocycles. The van der Waals surface area contributed by atoms with Gasteiger partial charge in [-0.05, 0) is 25.3 Å². The maximum Gasteiger partial charge on any atom is 0.334 e. The van der Waals surface area contributed by atoms with Crippen molar-refractivity contribution in [2.45, 2.75) is 33.7 Å². The molecule has 0 amide bonds. The molecule has 3 aromatic rings. The first-order valence-electron chi connectivity index (χ1n) is 8.14. The summed E-state index contributed by atoms with van der Waals surface area (Å²) in [5, 5.41) is 11.0. The number of hydrogen-bond donors (Lipinski definition) is 1. The summed E-state index contributed by atoms with van der Waals surface area (Å²) in [5.74, 6) is 0.102. The van der Waals surface area contributed by atoms with Crippen molar-refractivity contribution in [3.8, 4) is 0 Å². The first-order valence-corrected chi connectivity index (χ1v) is 8.14. The van der Waals surface area contributed by atoms with E-state index >= 15 is 0 Å². The molecule has 3 aromatic heterocycles. The molecule has 0 atom stereocenters. The molecule has 0 saturated heterocycles. The number of H-pyrrole nitrogens is 1. The Morgan fingerprint density at radius 3 is 2.77 bits per heavy atom. The lowest BCUT2D eigenvalue weighted by Crippen LogP contribution is -2.25. The van der Waals surface area contributed by atoms with Crippen molar-refractivity contribution in [3.05, 3.63) is 61.8 Å². The minimum atomic E-state index is -0.726. The van der Waals surface area contributed by atoms with Crippen LogP contribution in [0, 0.1) is 28.8 Å². The van der Waals surface area contributed by atoms with Gasteiger partial charge in [-0.2, -0.15) is 0 Å². The number of rotatable bonds is 5. The minimum absolute atomic E-state index is 0.0262. The van der Waals surface area contributed by atoms with Crippen molar-refractivity contribution >= 4 is 16.7 Å². The third-order valence-electron chi connectivity index (χ3n) is 4.08. The zero-order chi connectivity index (χ0) is 19.0. The molecule has 0 bridgehead atoms. The smallest absolute Gasteiger partial charge is 0.334 e. The van der Waals surface area contributed by atoms with Gasteiger partial charge in [0.15, 0.2) is 5.82 Å². The molecule has 9 heteroatoms. The van der Waals surface area contributed by atoms with Gasteiger partial charge in [-0.15, -0.1) is 0 Å². The molecule has 26 heavy (non-hydrogen) atoms. The SMILES string of the molecule is Cc1ccc([N+](=O)[O-])c(=O)n1Cc1nc2c(F)cnc(CC(C)C)c2[nH]1. The lowest BCUT2D eigenvalue weighted by atomic mass is 10.1. The summed E-state index contributed by atoms with van der Waals surface area (Å²) in [6.07, 6.45) is 1.78. The van der Waals surface area contributed by atoms with Crippen molar-refractivity contribution in [1.82, 2.24) is 19.5 Å². The molecule has 0 aliphatic carbocycles. The van der Waals surface area contributed by atoms with Gasteiger partial charge in [0.05, 0.1) is 28.9 Å². The van der Waals surface area contributed by atoms with Gasteiger partial charge in [0.25, 0.3) is 0 Å². The summed E-state index contributed by atoms with van der Waals surface area (Å²) in [6.45, 7) is 5.70. The van der Waals surface area contributed by atoms with Crippen LogP contribution in [0.2, 0.25) is 0 Å². The van der Waals surface area contributed by atoms with Crippen molar-refractivity contribution in [2.24, 2.45) is 5.92 Å². The Labute approximate surface area is 147 Å². The number of hydrogen-bond acceptors (Lipinski definition) is 5. The van der Waals surface area contributed by atoms with Gasteiger partial charge in [0.2, 0.25) is 0 Å². The maximum atomic E-state index is 14.1. The zero-order valence-electron chi connectivity index (χ0n) is 14.6. The number of nitrogens with zero attached hydrogens (tertiary/aromatic N) is 4. The minimum Gasteiger partial charge on any atom is -0.339 e. The normalized spacial score (nSPS) is 11.4. The second-order valence-electron chi connectivity index (χ2n) is 6.57. The average Bonchev–Trinajstić information content (AvgIpc) is 2.98. The van der Waals surface area contributed by atoms with Crippen LogP contribution in [0.4, 0.5) is 10.1 Å². The van der Waals surface area contributed by atoms with Gasteiger partial charge < -0.3 is 4.98 Å². The van der Waals surface area contributed by atoms with Gasteiger partial charge in [0, 0.05) is 11.8 Å². The molecule has 0 unspecified atom stereocenters. The Morgan fingerprint density at radius 2 is 2.12 bits per heavy atom. The van der Waals surface area contributed by atoms with E-state index in [2.05, 4.69) is 15.0 Å². The molecular weight excluding hydrogens is 341 g/mol. The van der Waals surface area contributed by atoms with Gasteiger partial charge in [-0.1, -0.05) is 13.8 Å². The van der Waals surface area contributed by atoms with Gasteiger partial charge in [-0.3, -0.25) is 24.5 Å². The number of nitrogens with one attached hydrogen (secondary N) is 1. The first kappa shape index (κ1) is 17.7. The maximum absolute atomic E-state index is 14.1. The average molecular weight is 359 g/mol. The van der Waals surface area contributed by atoms with E-state index in [1.54, 1.807) is 6.92 Å². The van der Waals surface area contributed by atoms with E-state index in [4.69, 9.17) is 0 Å². The second-order valence-corrected chi connectivity index (χ2v) is 6.57. The molecule has 0 saturated carbocycles. The molecule has 0 radical (unpaired) electrons. The zero-order valence-corrected chi connectivity index (χ0v) is 14.6. The molecule has 0 aliphatic rings. The number of fused-ring (bicyclic) bond motifs is 1. The third kappa shape index (κ3) is 3.19. The van der Waals surface area contributed by atoms with Crippen LogP contribution in [-0.4, -0.2) is 24.4 Å². The van der Waals surface area contributed by atoms with Crippen LogP contribution < -0.4 is 5.56 Å². The van der Waals surface area contributed by atoms with Crippen LogP contribution >= 0.6 is 0 Å². The monoisotopic (exact) mass is 359 g/mol. The Morgan fingerprint density at radius 1 is 1.38 bits per heavy atom. The van der Waals surface area contributed by atoms with Crippen molar-refractivity contribution in [1.29, 1.82) is 0 Å². The molecule has 0 aromatic carbocycles. The Balaban J connectivity index is 2.08. The quantitative estimate of drug-likeness (QED) is 0.557. The molecule has 8 nitrogen and oxygen atoms in total. The summed E-state index contributed by atoms with van der Waals surface area (Å²) in [6, 6.07) is 2.67. The summed E-state index contributed by atoms with van der Waals surface area (Å²) in [4.78, 5) is 34.0. The first-order chi connectivity index (χ1) is 12.3. The highest BCUT2D eigenvalue weighted by Crippen LogP contribution is 2.21. The summed E-state index contributed by atoms with van der Waals surface area (Å²) >= 11 is 0. The van der Waals surface area contributed by atoms with Crippen molar-refractivity contribution < 1.29 is 9.31 Å². The number of halogens is 1. The van der Waals surface area contributed by atoms with E-state index in [1.165, 1.54) is 16.7 Å². The molecule has 136 valence electrons. The Hall–Kier alpha value is -3.10. The van der Waals surface area contributed by atoms with Crippen LogP contribution in [0.3, 0.4) is 0 Å². The third-order valence-corrected chi connectivity index (χ3v) is 4.08. The molecule has 1 N–H and O–H groups in total. The number of pyridine rings is 2. The fourth-order valence-electron chi connectivity index (χ4n) is 2.83. The highest BCUT2D eigenvalue weighted by atomic mass is 19.1. The topological polar surface area (TPSA) is 107 Å². The van der Waals surface area contributed by atoms with Crippen LogP contribution in [0.1, 0.15) is 31.1 Å². The summed E-state index contributed by atoms with van der Waals surface area (Å²) < 4.78 is 15.3. The van der Waals surface area contributed by atoms with Crippen LogP contribution in [0.15, 0.2) is 23.1 Å². The molecule has 3 rings (SSSR count). The highest BCUT2D eigenvalue weighted by molar-refractivity contribution is 5.77. The van der Waals surface area contributed by atoms with E-state index in [0.717, 1.165) is 6.20 Å². The Bertz CT molecular complexity index is 1050. The molecule has 0 spiro atoms. The lowest BCUT2D eigenvalue weighted by molar-refractivity contribution is -0.386. The summed E-state index contributed by atoms with van der Waals surface area (Å²) in [5.41, 5.74) is 0.642. The van der Waals surface area contributed by atoms with Crippen molar-refractivity contribution in [3.63, 3.8) is 0 Å². The van der Waals surface area contributed by atoms with Crippen LogP contribution in [0.25, 0.3) is 11.0 Å². The van der Waals surface area contributed by atoms with E-state index < -0.39 is 22.0 Å². The Kier molecular flexibility index (Phi) is 4.54. The predicted molar refractivity (Wildman–Crippen MR) is 93.6 cm³/mol. The van der Waals surface area contributed by atoms with Gasteiger partial charge >= 0.3 is 11.2 Å². The summed E-state index contributed by atoms with van der Waals surface area (Å²) in [7, 11) is 0. The highest BCUT2D eigenvalue weighted by Gasteiger charge is 2.18. The van der Waals surface area contributed by atoms with E-state index in [1.807, 2.05) is 13.8 Å². The molecule has 0 fully saturated rings. The van der Waals surface area contributed by atoms with E-state index in [-0.39, 0.29) is 12.1 Å². The second kappa shape index (κ2) is 6.66. The number of nitro groups is 1. The van der Waals surface area contributed by atoms with Crippen LogP contribution in [0.5, 0.6) is 0 Å². The molecular formula is C17H18FN5O3. The number of aromatic nitrogens is 4. The number of imidazole rings is 1. The van der Waals surface area contributed by atoms with Gasteiger partial charge in [-0.25, -0.2) is 9.37 Å². The fourth-order valence-corrected chi connectivity index (χ4v) is 2.83. The predicted octanol–water partition coefficient (Wildman–Crippen LogP) is 2.72. The number of aryl methyl sites for hydroxylation is 1. The van der Waals surface area contributed by atoms with E-state index in [0.29, 0.717) is 35.1 Å². The fraction of sp³-hybridized carbons (Fsp3) is 0.353. The standard InChI is InChI=1S/C17H18FN5O3/c1-9(2)6-12-16-15(11(18)7-19-12)20-14(21-16)8-22-10(3)4-5-13(17(22)24)23(25)26/h4-5,7,9H,6,8H2,1-3H3,(H,20,21). The van der Waals surface area contributed by atoms with Crippen LogP contribution in [-0.2, 0) is 13.0 Å². The lowest BCUT2D eigenvalue weighted by Gasteiger charge is -2.07. The van der Waals surface area contributed by atoms with Gasteiger partial charge in [0.1, 0.15) is 11.3 Å². The molecule has 0 aliphatic heterocycles.